The minimum atomic E-state index is -0.338. The van der Waals surface area contributed by atoms with Crippen LogP contribution in [0.5, 0.6) is 5.75 Å². The minimum absolute atomic E-state index is 0.0779. The van der Waals surface area contributed by atoms with Gasteiger partial charge in [-0.25, -0.2) is 4.39 Å². The van der Waals surface area contributed by atoms with E-state index in [1.54, 1.807) is 17.4 Å². The first-order valence-corrected chi connectivity index (χ1v) is 8.42. The average Bonchev–Trinajstić information content (AvgIpc) is 2.96. The van der Waals surface area contributed by atoms with Gasteiger partial charge in [-0.15, -0.1) is 11.3 Å². The Morgan fingerprint density at radius 3 is 2.68 bits per heavy atom. The van der Waals surface area contributed by atoms with Gasteiger partial charge in [-0.1, -0.05) is 17.7 Å². The maximum atomic E-state index is 13.7. The fourth-order valence-electron chi connectivity index (χ4n) is 2.82. The van der Waals surface area contributed by atoms with Crippen molar-refractivity contribution >= 4 is 22.9 Å². The lowest BCUT2D eigenvalue weighted by Crippen LogP contribution is -2.45. The molecule has 0 saturated carbocycles. The fraction of sp³-hybridized carbons (Fsp3) is 0.375. The third-order valence-electron chi connectivity index (χ3n) is 3.87. The van der Waals surface area contributed by atoms with Crippen molar-refractivity contribution in [2.45, 2.75) is 6.04 Å². The highest BCUT2D eigenvalue weighted by molar-refractivity contribution is 7.16. The number of nitrogens with zero attached hydrogens (tertiary/aromatic N) is 1. The van der Waals surface area contributed by atoms with E-state index in [0.717, 1.165) is 36.1 Å². The Morgan fingerprint density at radius 2 is 2.05 bits per heavy atom. The summed E-state index contributed by atoms with van der Waals surface area (Å²) in [7, 11) is 1.49. The van der Waals surface area contributed by atoms with Crippen LogP contribution in [-0.4, -0.2) is 38.2 Å². The van der Waals surface area contributed by atoms with Gasteiger partial charge in [0.25, 0.3) is 0 Å². The number of thiophene rings is 1. The maximum absolute atomic E-state index is 13.7. The van der Waals surface area contributed by atoms with Gasteiger partial charge < -0.3 is 10.1 Å². The molecule has 1 aliphatic rings. The van der Waals surface area contributed by atoms with Gasteiger partial charge in [-0.3, -0.25) is 4.90 Å². The van der Waals surface area contributed by atoms with Gasteiger partial charge in [0.1, 0.15) is 0 Å². The molecule has 3 nitrogen and oxygen atoms in total. The SMILES string of the molecule is COc1cc([C@H](c2ccc(Cl)s2)N2CCNCC2)ccc1F. The number of rotatable bonds is 4. The monoisotopic (exact) mass is 340 g/mol. The molecule has 0 spiro atoms. The number of hydrogen-bond acceptors (Lipinski definition) is 4. The van der Waals surface area contributed by atoms with Crippen molar-refractivity contribution in [3.8, 4) is 5.75 Å². The van der Waals surface area contributed by atoms with Crippen molar-refractivity contribution in [2.24, 2.45) is 0 Å². The molecule has 3 rings (SSSR count). The Balaban J connectivity index is 2.00. The first-order chi connectivity index (χ1) is 10.7. The molecule has 2 heterocycles. The molecule has 0 unspecified atom stereocenters. The second kappa shape index (κ2) is 6.96. The van der Waals surface area contributed by atoms with Crippen molar-refractivity contribution in [2.75, 3.05) is 33.3 Å². The van der Waals surface area contributed by atoms with Crippen LogP contribution in [0.1, 0.15) is 16.5 Å². The number of halogens is 2. The van der Waals surface area contributed by atoms with Gasteiger partial charge in [0.05, 0.1) is 17.5 Å². The number of piperazine rings is 1. The number of hydrogen-bond donors (Lipinski definition) is 1. The topological polar surface area (TPSA) is 24.5 Å². The van der Waals surface area contributed by atoms with Crippen LogP contribution in [0.2, 0.25) is 4.34 Å². The zero-order valence-corrected chi connectivity index (χ0v) is 13.9. The highest BCUT2D eigenvalue weighted by Crippen LogP contribution is 2.37. The molecule has 0 radical (unpaired) electrons. The van der Waals surface area contributed by atoms with Crippen LogP contribution >= 0.6 is 22.9 Å². The Bertz CT molecular complexity index is 643. The molecule has 1 atom stereocenters. The van der Waals surface area contributed by atoms with Crippen LogP contribution in [0.4, 0.5) is 4.39 Å². The quantitative estimate of drug-likeness (QED) is 0.921. The summed E-state index contributed by atoms with van der Waals surface area (Å²) >= 11 is 7.69. The van der Waals surface area contributed by atoms with Crippen LogP contribution in [-0.2, 0) is 0 Å². The molecule has 1 aromatic heterocycles. The molecule has 1 fully saturated rings. The van der Waals surface area contributed by atoms with Gasteiger partial charge in [0.2, 0.25) is 0 Å². The molecule has 22 heavy (non-hydrogen) atoms. The molecule has 1 saturated heterocycles. The summed E-state index contributed by atoms with van der Waals surface area (Å²) in [6.07, 6.45) is 0. The molecule has 1 aliphatic heterocycles. The van der Waals surface area contributed by atoms with Crippen LogP contribution in [0.3, 0.4) is 0 Å². The van der Waals surface area contributed by atoms with E-state index in [-0.39, 0.29) is 17.6 Å². The molecule has 118 valence electrons. The largest absolute Gasteiger partial charge is 0.494 e. The van der Waals surface area contributed by atoms with Crippen molar-refractivity contribution in [3.63, 3.8) is 0 Å². The standard InChI is InChI=1S/C16H18ClFN2OS/c1-21-13-10-11(2-3-12(13)18)16(14-4-5-15(17)22-14)20-8-6-19-7-9-20/h2-5,10,16,19H,6-9H2,1H3/t16-/m1/s1. The zero-order chi connectivity index (χ0) is 15.5. The van der Waals surface area contributed by atoms with Gasteiger partial charge in [0.15, 0.2) is 11.6 Å². The van der Waals surface area contributed by atoms with E-state index in [2.05, 4.69) is 16.3 Å². The van der Waals surface area contributed by atoms with E-state index in [9.17, 15) is 4.39 Å². The summed E-state index contributed by atoms with van der Waals surface area (Å²) in [6.45, 7) is 3.79. The van der Waals surface area contributed by atoms with Crippen LogP contribution in [0.15, 0.2) is 30.3 Å². The zero-order valence-electron chi connectivity index (χ0n) is 12.3. The van der Waals surface area contributed by atoms with Crippen molar-refractivity contribution in [3.05, 3.63) is 50.9 Å². The maximum Gasteiger partial charge on any atom is 0.165 e. The highest BCUT2D eigenvalue weighted by Gasteiger charge is 2.26. The summed E-state index contributed by atoms with van der Waals surface area (Å²) in [4.78, 5) is 3.56. The van der Waals surface area contributed by atoms with Crippen molar-refractivity contribution in [1.82, 2.24) is 10.2 Å². The molecule has 1 N–H and O–H groups in total. The van der Waals surface area contributed by atoms with Crippen molar-refractivity contribution < 1.29 is 9.13 Å². The normalized spacial score (nSPS) is 17.4. The molecular formula is C16H18ClFN2OS. The minimum Gasteiger partial charge on any atom is -0.494 e. The highest BCUT2D eigenvalue weighted by atomic mass is 35.5. The lowest BCUT2D eigenvalue weighted by molar-refractivity contribution is 0.200. The Labute approximate surface area is 138 Å². The smallest absolute Gasteiger partial charge is 0.165 e. The summed E-state index contributed by atoms with van der Waals surface area (Å²) < 4.78 is 19.6. The number of methoxy groups -OCH3 is 1. The van der Waals surface area contributed by atoms with E-state index < -0.39 is 0 Å². The van der Waals surface area contributed by atoms with Gasteiger partial charge in [0, 0.05) is 31.1 Å². The molecule has 0 bridgehead atoms. The number of nitrogens with one attached hydrogen (secondary N) is 1. The van der Waals surface area contributed by atoms with Gasteiger partial charge >= 0.3 is 0 Å². The third kappa shape index (κ3) is 3.27. The predicted octanol–water partition coefficient (Wildman–Crippen LogP) is 3.54. The second-order valence-corrected chi connectivity index (χ2v) is 6.97. The lowest BCUT2D eigenvalue weighted by atomic mass is 10.0. The number of ether oxygens (including phenoxy) is 1. The summed E-state index contributed by atoms with van der Waals surface area (Å²) in [5.74, 6) is -0.0604. The van der Waals surface area contributed by atoms with E-state index in [4.69, 9.17) is 16.3 Å². The van der Waals surface area contributed by atoms with E-state index in [1.165, 1.54) is 18.1 Å². The van der Waals surface area contributed by atoms with Crippen LogP contribution in [0.25, 0.3) is 0 Å². The average molecular weight is 341 g/mol. The van der Waals surface area contributed by atoms with Gasteiger partial charge in [-0.05, 0) is 29.8 Å². The van der Waals surface area contributed by atoms with Crippen molar-refractivity contribution in [1.29, 1.82) is 0 Å². The van der Waals surface area contributed by atoms with E-state index in [1.807, 2.05) is 12.1 Å². The first kappa shape index (κ1) is 15.7. The Morgan fingerprint density at radius 1 is 1.27 bits per heavy atom. The Kier molecular flexibility index (Phi) is 4.98. The Hall–Kier alpha value is -1.14. The third-order valence-corrected chi connectivity index (χ3v) is 5.15. The molecule has 0 aliphatic carbocycles. The first-order valence-electron chi connectivity index (χ1n) is 7.22. The summed E-state index contributed by atoms with van der Waals surface area (Å²) in [5, 5.41) is 3.36. The summed E-state index contributed by atoms with van der Waals surface area (Å²) in [6, 6.07) is 9.13. The lowest BCUT2D eigenvalue weighted by Gasteiger charge is -2.34. The summed E-state index contributed by atoms with van der Waals surface area (Å²) in [5.41, 5.74) is 1.03. The van der Waals surface area contributed by atoms with Crippen LogP contribution < -0.4 is 10.1 Å². The molecule has 6 heteroatoms. The van der Waals surface area contributed by atoms with E-state index in [0.29, 0.717) is 0 Å². The van der Waals surface area contributed by atoms with Crippen LogP contribution in [0, 0.1) is 5.82 Å². The molecule has 2 aromatic rings. The van der Waals surface area contributed by atoms with E-state index >= 15 is 0 Å². The van der Waals surface area contributed by atoms with Gasteiger partial charge in [-0.2, -0.15) is 0 Å². The molecule has 1 aromatic carbocycles. The second-order valence-electron chi connectivity index (χ2n) is 5.22. The molecule has 0 amide bonds. The predicted molar refractivity (Wildman–Crippen MR) is 88.6 cm³/mol. The number of benzene rings is 1. The molecular weight excluding hydrogens is 323 g/mol. The fourth-order valence-corrected chi connectivity index (χ4v) is 4.04.